The van der Waals surface area contributed by atoms with Crippen molar-refractivity contribution in [2.75, 3.05) is 26.5 Å². The van der Waals surface area contributed by atoms with Gasteiger partial charge in [-0.2, -0.15) is 0 Å². The van der Waals surface area contributed by atoms with Crippen molar-refractivity contribution in [3.05, 3.63) is 53.1 Å². The molecule has 7 heteroatoms. The minimum atomic E-state index is -3.54. The van der Waals surface area contributed by atoms with Crippen molar-refractivity contribution in [1.82, 2.24) is 4.31 Å². The Morgan fingerprint density at radius 1 is 1.11 bits per heavy atom. The standard InChI is InChI=1S/C20H26N2O4S/c1-14-6-7-15(2)18(12-14)21-20(23)11-8-16-13-17(9-10-19(16)26-5)27(24,25)22(3)4/h6-7,9-10,12-13H,8,11H2,1-5H3,(H,21,23). The van der Waals surface area contributed by atoms with E-state index >= 15 is 0 Å². The molecule has 0 spiro atoms. The normalized spacial score (nSPS) is 11.5. The lowest BCUT2D eigenvalue weighted by Crippen LogP contribution is -2.22. The molecule has 0 bridgehead atoms. The highest BCUT2D eigenvalue weighted by molar-refractivity contribution is 7.89. The molecule has 0 aromatic heterocycles. The molecule has 2 rings (SSSR count). The summed E-state index contributed by atoms with van der Waals surface area (Å²) in [5, 5.41) is 2.92. The smallest absolute Gasteiger partial charge is 0.242 e. The number of hydrogen-bond donors (Lipinski definition) is 1. The third kappa shape index (κ3) is 5.08. The first-order valence-corrected chi connectivity index (χ1v) is 10.1. The Morgan fingerprint density at radius 2 is 1.81 bits per heavy atom. The zero-order valence-corrected chi connectivity index (χ0v) is 17.2. The van der Waals surface area contributed by atoms with Crippen LogP contribution < -0.4 is 10.1 Å². The number of rotatable bonds is 7. The van der Waals surface area contributed by atoms with Crippen LogP contribution in [0, 0.1) is 13.8 Å². The first-order chi connectivity index (χ1) is 12.6. The number of anilines is 1. The van der Waals surface area contributed by atoms with E-state index in [-0.39, 0.29) is 17.2 Å². The topological polar surface area (TPSA) is 75.7 Å². The van der Waals surface area contributed by atoms with Crippen LogP contribution in [0.25, 0.3) is 0 Å². The van der Waals surface area contributed by atoms with E-state index in [9.17, 15) is 13.2 Å². The molecule has 0 heterocycles. The Balaban J connectivity index is 2.16. The van der Waals surface area contributed by atoms with E-state index in [4.69, 9.17) is 4.74 Å². The number of benzene rings is 2. The summed E-state index contributed by atoms with van der Waals surface area (Å²) >= 11 is 0. The molecule has 6 nitrogen and oxygen atoms in total. The number of carbonyl (C=O) groups is 1. The maximum Gasteiger partial charge on any atom is 0.242 e. The highest BCUT2D eigenvalue weighted by Crippen LogP contribution is 2.25. The number of aryl methyl sites for hydroxylation is 3. The Labute approximate surface area is 161 Å². The molecule has 0 unspecified atom stereocenters. The molecule has 2 aromatic carbocycles. The number of ether oxygens (including phenoxy) is 1. The Morgan fingerprint density at radius 3 is 2.44 bits per heavy atom. The fraction of sp³-hybridized carbons (Fsp3) is 0.350. The summed E-state index contributed by atoms with van der Waals surface area (Å²) in [6, 6.07) is 10.6. The van der Waals surface area contributed by atoms with Crippen molar-refractivity contribution in [2.45, 2.75) is 31.6 Å². The minimum Gasteiger partial charge on any atom is -0.496 e. The van der Waals surface area contributed by atoms with Crippen LogP contribution in [0.2, 0.25) is 0 Å². The molecule has 0 saturated heterocycles. The van der Waals surface area contributed by atoms with Gasteiger partial charge in [0.25, 0.3) is 0 Å². The molecule has 0 aliphatic heterocycles. The van der Waals surface area contributed by atoms with E-state index < -0.39 is 10.0 Å². The Bertz CT molecular complexity index is 937. The van der Waals surface area contributed by atoms with Gasteiger partial charge in [0, 0.05) is 26.2 Å². The van der Waals surface area contributed by atoms with Crippen molar-refractivity contribution in [2.24, 2.45) is 0 Å². The van der Waals surface area contributed by atoms with Gasteiger partial charge in [0.1, 0.15) is 5.75 Å². The molecule has 0 aliphatic carbocycles. The third-order valence-electron chi connectivity index (χ3n) is 4.32. The average Bonchev–Trinajstić information content (AvgIpc) is 2.62. The van der Waals surface area contributed by atoms with Crippen molar-refractivity contribution in [3.63, 3.8) is 0 Å². The van der Waals surface area contributed by atoms with E-state index in [1.165, 1.54) is 27.3 Å². The molecule has 0 saturated carbocycles. The molecule has 146 valence electrons. The van der Waals surface area contributed by atoms with Gasteiger partial charge in [-0.1, -0.05) is 12.1 Å². The zero-order chi connectivity index (χ0) is 20.2. The summed E-state index contributed by atoms with van der Waals surface area (Å²) in [5.41, 5.74) is 3.53. The van der Waals surface area contributed by atoms with Crippen LogP contribution in [0.4, 0.5) is 5.69 Å². The van der Waals surface area contributed by atoms with Crippen molar-refractivity contribution in [3.8, 4) is 5.75 Å². The number of amides is 1. The summed E-state index contributed by atoms with van der Waals surface area (Å²) < 4.78 is 31.2. The molecule has 1 amide bonds. The molecular weight excluding hydrogens is 364 g/mol. The van der Waals surface area contributed by atoms with Gasteiger partial charge in [-0.3, -0.25) is 4.79 Å². The van der Waals surface area contributed by atoms with Gasteiger partial charge in [0.05, 0.1) is 12.0 Å². The summed E-state index contributed by atoms with van der Waals surface area (Å²) in [7, 11) is 0.944. The molecule has 0 aliphatic rings. The van der Waals surface area contributed by atoms with Gasteiger partial charge in [-0.05, 0) is 61.2 Å². The largest absolute Gasteiger partial charge is 0.496 e. The van der Waals surface area contributed by atoms with E-state index in [0.29, 0.717) is 17.7 Å². The van der Waals surface area contributed by atoms with E-state index in [2.05, 4.69) is 5.32 Å². The lowest BCUT2D eigenvalue weighted by atomic mass is 10.1. The van der Waals surface area contributed by atoms with E-state index in [1.54, 1.807) is 12.1 Å². The van der Waals surface area contributed by atoms with E-state index in [0.717, 1.165) is 21.1 Å². The quantitative estimate of drug-likeness (QED) is 0.788. The highest BCUT2D eigenvalue weighted by atomic mass is 32.2. The number of sulfonamides is 1. The fourth-order valence-corrected chi connectivity index (χ4v) is 3.61. The van der Waals surface area contributed by atoms with Crippen LogP contribution in [0.5, 0.6) is 5.75 Å². The Hall–Kier alpha value is -2.38. The van der Waals surface area contributed by atoms with Crippen LogP contribution in [0.1, 0.15) is 23.1 Å². The van der Waals surface area contributed by atoms with Gasteiger partial charge in [-0.25, -0.2) is 12.7 Å². The van der Waals surface area contributed by atoms with Gasteiger partial charge >= 0.3 is 0 Å². The molecule has 1 N–H and O–H groups in total. The van der Waals surface area contributed by atoms with Crippen molar-refractivity contribution in [1.29, 1.82) is 0 Å². The van der Waals surface area contributed by atoms with E-state index in [1.807, 2.05) is 32.0 Å². The monoisotopic (exact) mass is 390 g/mol. The average molecular weight is 391 g/mol. The first kappa shape index (κ1) is 20.9. The maximum absolute atomic E-state index is 12.4. The second-order valence-corrected chi connectivity index (χ2v) is 8.78. The van der Waals surface area contributed by atoms with Crippen LogP contribution in [0.3, 0.4) is 0 Å². The van der Waals surface area contributed by atoms with Crippen molar-refractivity contribution >= 4 is 21.6 Å². The van der Waals surface area contributed by atoms with Crippen LogP contribution in [0.15, 0.2) is 41.3 Å². The summed E-state index contributed by atoms with van der Waals surface area (Å²) in [6.07, 6.45) is 0.589. The highest BCUT2D eigenvalue weighted by Gasteiger charge is 2.19. The second-order valence-electron chi connectivity index (χ2n) is 6.63. The molecule has 0 atom stereocenters. The summed E-state index contributed by atoms with van der Waals surface area (Å²) in [6.45, 7) is 3.91. The minimum absolute atomic E-state index is 0.133. The number of nitrogens with one attached hydrogen (secondary N) is 1. The predicted molar refractivity (Wildman–Crippen MR) is 107 cm³/mol. The summed E-state index contributed by atoms with van der Waals surface area (Å²) in [5.74, 6) is 0.430. The zero-order valence-electron chi connectivity index (χ0n) is 16.4. The first-order valence-electron chi connectivity index (χ1n) is 8.61. The maximum atomic E-state index is 12.4. The molecule has 0 fully saturated rings. The fourth-order valence-electron chi connectivity index (χ4n) is 2.65. The lowest BCUT2D eigenvalue weighted by molar-refractivity contribution is -0.116. The third-order valence-corrected chi connectivity index (χ3v) is 6.13. The van der Waals surface area contributed by atoms with Gasteiger partial charge in [0.2, 0.25) is 15.9 Å². The lowest BCUT2D eigenvalue weighted by Gasteiger charge is -2.15. The van der Waals surface area contributed by atoms with Crippen LogP contribution in [-0.4, -0.2) is 39.8 Å². The number of hydrogen-bond acceptors (Lipinski definition) is 4. The predicted octanol–water partition coefficient (Wildman–Crippen LogP) is 3.13. The SMILES string of the molecule is COc1ccc(S(=O)(=O)N(C)C)cc1CCC(=O)Nc1cc(C)ccc1C. The van der Waals surface area contributed by atoms with Crippen molar-refractivity contribution < 1.29 is 17.9 Å². The Kier molecular flexibility index (Phi) is 6.62. The molecule has 27 heavy (non-hydrogen) atoms. The second kappa shape index (κ2) is 8.54. The number of carbonyl (C=O) groups excluding carboxylic acids is 1. The van der Waals surface area contributed by atoms with Gasteiger partial charge in [0.15, 0.2) is 0 Å². The van der Waals surface area contributed by atoms with Gasteiger partial charge < -0.3 is 10.1 Å². The van der Waals surface area contributed by atoms with Gasteiger partial charge in [-0.15, -0.1) is 0 Å². The molecule has 2 aromatic rings. The molecule has 0 radical (unpaired) electrons. The number of methoxy groups -OCH3 is 1. The van der Waals surface area contributed by atoms with Crippen LogP contribution in [-0.2, 0) is 21.2 Å². The number of nitrogens with zero attached hydrogens (tertiary/aromatic N) is 1. The van der Waals surface area contributed by atoms with Crippen LogP contribution >= 0.6 is 0 Å². The molecular formula is C20H26N2O4S. The summed E-state index contributed by atoms with van der Waals surface area (Å²) in [4.78, 5) is 12.5.